The molecule has 0 spiro atoms. The van der Waals surface area contributed by atoms with Crippen LogP contribution in [0.15, 0.2) is 0 Å². The number of hydrogen-bond acceptors (Lipinski definition) is 2. The molecule has 0 amide bonds. The average Bonchev–Trinajstić information content (AvgIpc) is 2.20. The topological polar surface area (TPSA) is 40.5 Å². The summed E-state index contributed by atoms with van der Waals surface area (Å²) in [6.45, 7) is 6.81. The number of hydrogen-bond donors (Lipinski definition) is 1. The zero-order valence-corrected chi connectivity index (χ0v) is 9.91. The summed E-state index contributed by atoms with van der Waals surface area (Å²) in [5, 5.41) is 8.62. The van der Waals surface area contributed by atoms with Crippen LogP contribution in [0.4, 0.5) is 0 Å². The highest BCUT2D eigenvalue weighted by molar-refractivity contribution is 5.66. The monoisotopic (exact) mass is 213 g/mol. The Labute approximate surface area is 92.5 Å². The van der Waals surface area contributed by atoms with Crippen LogP contribution in [0, 0.1) is 5.92 Å². The zero-order chi connectivity index (χ0) is 11.3. The van der Waals surface area contributed by atoms with Gasteiger partial charge in [0.25, 0.3) is 0 Å². The number of likely N-dealkylation sites (tertiary alicyclic amines) is 1. The molecule has 0 aromatic carbocycles. The molecule has 15 heavy (non-hydrogen) atoms. The van der Waals surface area contributed by atoms with Gasteiger partial charge in [0.1, 0.15) is 0 Å². The van der Waals surface area contributed by atoms with E-state index in [-0.39, 0.29) is 0 Å². The van der Waals surface area contributed by atoms with Crippen molar-refractivity contribution < 1.29 is 9.90 Å². The Morgan fingerprint density at radius 2 is 2.27 bits per heavy atom. The van der Waals surface area contributed by atoms with Crippen molar-refractivity contribution in [1.29, 1.82) is 0 Å². The van der Waals surface area contributed by atoms with Gasteiger partial charge >= 0.3 is 5.97 Å². The third-order valence-corrected chi connectivity index (χ3v) is 3.63. The minimum Gasteiger partial charge on any atom is -0.481 e. The smallest absolute Gasteiger partial charge is 0.303 e. The van der Waals surface area contributed by atoms with Crippen molar-refractivity contribution in [3.05, 3.63) is 0 Å². The summed E-state index contributed by atoms with van der Waals surface area (Å²) in [6, 6.07) is 0.752. The summed E-state index contributed by atoms with van der Waals surface area (Å²) in [6.07, 6.45) is 4.76. The molecule has 0 aliphatic carbocycles. The number of carbonyl (C=O) groups is 1. The van der Waals surface area contributed by atoms with Crippen LogP contribution in [0.2, 0.25) is 0 Å². The summed E-state index contributed by atoms with van der Waals surface area (Å²) in [4.78, 5) is 13.0. The number of rotatable bonds is 7. The molecule has 3 nitrogen and oxygen atoms in total. The van der Waals surface area contributed by atoms with Gasteiger partial charge in [-0.2, -0.15) is 0 Å². The molecule has 0 bridgehead atoms. The highest BCUT2D eigenvalue weighted by Gasteiger charge is 2.23. The quantitative estimate of drug-likeness (QED) is 0.705. The lowest BCUT2D eigenvalue weighted by atomic mass is 9.95. The Balaban J connectivity index is 2.12. The van der Waals surface area contributed by atoms with E-state index in [1.165, 1.54) is 13.0 Å². The molecule has 1 N–H and O–H groups in total. The summed E-state index contributed by atoms with van der Waals surface area (Å²) < 4.78 is 0. The summed E-state index contributed by atoms with van der Waals surface area (Å²) >= 11 is 0. The third kappa shape index (κ3) is 4.20. The molecule has 2 unspecified atom stereocenters. The molecule has 1 rings (SSSR count). The summed E-state index contributed by atoms with van der Waals surface area (Å²) in [7, 11) is 0. The predicted octanol–water partition coefficient (Wildman–Crippen LogP) is 2.36. The lowest BCUT2D eigenvalue weighted by molar-refractivity contribution is -0.137. The molecular formula is C12H23NO2. The number of nitrogens with zero attached hydrogens (tertiary/aromatic N) is 1. The maximum absolute atomic E-state index is 10.5. The lowest BCUT2D eigenvalue weighted by Gasteiger charge is -2.39. The standard InChI is InChI=1S/C12H23NO2/c1-3-11(4-5-12(14)15)7-9-13-8-6-10(13)2/h10-11H,3-9H2,1-2H3,(H,14,15). The Bertz CT molecular complexity index is 206. The SMILES string of the molecule is CCC(CCC(=O)O)CCN1CCC1C. The fourth-order valence-electron chi connectivity index (χ4n) is 2.13. The Kier molecular flexibility index (Phi) is 5.09. The maximum Gasteiger partial charge on any atom is 0.303 e. The van der Waals surface area contributed by atoms with Gasteiger partial charge in [0, 0.05) is 12.5 Å². The fourth-order valence-corrected chi connectivity index (χ4v) is 2.13. The van der Waals surface area contributed by atoms with Crippen molar-refractivity contribution in [2.75, 3.05) is 13.1 Å². The van der Waals surface area contributed by atoms with Crippen LogP contribution < -0.4 is 0 Å². The first-order valence-corrected chi connectivity index (χ1v) is 6.09. The van der Waals surface area contributed by atoms with E-state index in [4.69, 9.17) is 5.11 Å². The molecule has 1 aliphatic heterocycles. The summed E-state index contributed by atoms with van der Waals surface area (Å²) in [5.74, 6) is -0.0698. The first kappa shape index (κ1) is 12.5. The van der Waals surface area contributed by atoms with Crippen LogP contribution >= 0.6 is 0 Å². The lowest BCUT2D eigenvalue weighted by Crippen LogP contribution is -2.46. The van der Waals surface area contributed by atoms with Gasteiger partial charge in [0.2, 0.25) is 0 Å². The highest BCUT2D eigenvalue weighted by Crippen LogP contribution is 2.21. The van der Waals surface area contributed by atoms with Crippen LogP contribution in [0.25, 0.3) is 0 Å². The maximum atomic E-state index is 10.5. The molecule has 1 heterocycles. The van der Waals surface area contributed by atoms with Gasteiger partial charge in [-0.05, 0) is 45.2 Å². The second-order valence-corrected chi connectivity index (χ2v) is 4.67. The molecule has 0 radical (unpaired) electrons. The van der Waals surface area contributed by atoms with Crippen LogP contribution in [0.1, 0.15) is 46.0 Å². The molecule has 0 aromatic rings. The minimum atomic E-state index is -0.661. The van der Waals surface area contributed by atoms with Gasteiger partial charge in [-0.15, -0.1) is 0 Å². The van der Waals surface area contributed by atoms with Crippen molar-refractivity contribution >= 4 is 5.97 Å². The molecule has 1 aliphatic rings. The van der Waals surface area contributed by atoms with Crippen molar-refractivity contribution in [3.8, 4) is 0 Å². The van der Waals surface area contributed by atoms with Gasteiger partial charge in [0.15, 0.2) is 0 Å². The largest absolute Gasteiger partial charge is 0.481 e. The van der Waals surface area contributed by atoms with E-state index in [9.17, 15) is 4.79 Å². The van der Waals surface area contributed by atoms with Crippen molar-refractivity contribution in [2.45, 2.75) is 52.0 Å². The van der Waals surface area contributed by atoms with Gasteiger partial charge < -0.3 is 10.0 Å². The van der Waals surface area contributed by atoms with E-state index < -0.39 is 5.97 Å². The molecule has 88 valence electrons. The number of carboxylic acids is 1. The minimum absolute atomic E-state index is 0.327. The number of aliphatic carboxylic acids is 1. The first-order chi connectivity index (χ1) is 7.13. The predicted molar refractivity (Wildman–Crippen MR) is 60.9 cm³/mol. The Morgan fingerprint density at radius 1 is 1.53 bits per heavy atom. The first-order valence-electron chi connectivity index (χ1n) is 6.09. The van der Waals surface area contributed by atoms with Gasteiger partial charge in [-0.1, -0.05) is 13.3 Å². The number of carboxylic acid groups (broad SMARTS) is 1. The van der Waals surface area contributed by atoms with Crippen molar-refractivity contribution in [1.82, 2.24) is 4.90 Å². The van der Waals surface area contributed by atoms with E-state index >= 15 is 0 Å². The van der Waals surface area contributed by atoms with E-state index in [1.807, 2.05) is 0 Å². The van der Waals surface area contributed by atoms with E-state index in [0.717, 1.165) is 31.8 Å². The van der Waals surface area contributed by atoms with Crippen LogP contribution in [-0.4, -0.2) is 35.1 Å². The fraction of sp³-hybridized carbons (Fsp3) is 0.917. The second kappa shape index (κ2) is 6.11. The van der Waals surface area contributed by atoms with Crippen LogP contribution in [-0.2, 0) is 4.79 Å². The van der Waals surface area contributed by atoms with Gasteiger partial charge in [-0.25, -0.2) is 0 Å². The molecule has 2 atom stereocenters. The van der Waals surface area contributed by atoms with Gasteiger partial charge in [0.05, 0.1) is 0 Å². The van der Waals surface area contributed by atoms with Crippen molar-refractivity contribution in [3.63, 3.8) is 0 Å². The molecule has 0 saturated carbocycles. The van der Waals surface area contributed by atoms with Crippen LogP contribution in [0.3, 0.4) is 0 Å². The Hall–Kier alpha value is -0.570. The third-order valence-electron chi connectivity index (χ3n) is 3.63. The summed E-state index contributed by atoms with van der Waals surface area (Å²) in [5.41, 5.74) is 0. The molecular weight excluding hydrogens is 190 g/mol. The van der Waals surface area contributed by atoms with Gasteiger partial charge in [-0.3, -0.25) is 4.79 Å². The molecule has 1 fully saturated rings. The van der Waals surface area contributed by atoms with E-state index in [1.54, 1.807) is 0 Å². The second-order valence-electron chi connectivity index (χ2n) is 4.67. The molecule has 1 saturated heterocycles. The normalized spacial score (nSPS) is 23.5. The Morgan fingerprint density at radius 3 is 2.67 bits per heavy atom. The van der Waals surface area contributed by atoms with E-state index in [2.05, 4.69) is 18.7 Å². The molecule has 3 heteroatoms. The molecule has 0 aromatic heterocycles. The highest BCUT2D eigenvalue weighted by atomic mass is 16.4. The van der Waals surface area contributed by atoms with E-state index in [0.29, 0.717) is 12.3 Å². The zero-order valence-electron chi connectivity index (χ0n) is 9.91. The average molecular weight is 213 g/mol. The van der Waals surface area contributed by atoms with Crippen LogP contribution in [0.5, 0.6) is 0 Å². The van der Waals surface area contributed by atoms with Crippen molar-refractivity contribution in [2.24, 2.45) is 5.92 Å².